The van der Waals surface area contributed by atoms with E-state index in [4.69, 9.17) is 19.9 Å². The number of benzene rings is 1. The molecule has 0 aliphatic heterocycles. The third-order valence-corrected chi connectivity index (χ3v) is 6.20. The zero-order valence-corrected chi connectivity index (χ0v) is 19.1. The van der Waals surface area contributed by atoms with E-state index in [0.717, 1.165) is 42.5 Å². The Kier molecular flexibility index (Phi) is 8.10. The van der Waals surface area contributed by atoms with Crippen LogP contribution in [0.5, 0.6) is 11.5 Å². The molecule has 0 saturated carbocycles. The Morgan fingerprint density at radius 3 is 2.66 bits per heavy atom. The molecule has 8 nitrogen and oxygen atoms in total. The van der Waals surface area contributed by atoms with E-state index in [1.807, 2.05) is 6.92 Å². The Hall–Kier alpha value is -3.07. The lowest BCUT2D eigenvalue weighted by molar-refractivity contribution is -0.119. The molecule has 2 amide bonds. The average molecular weight is 461 g/mol. The van der Waals surface area contributed by atoms with Gasteiger partial charge in [0.05, 0.1) is 24.3 Å². The van der Waals surface area contributed by atoms with Gasteiger partial charge in [-0.3, -0.25) is 9.59 Å². The van der Waals surface area contributed by atoms with Crippen LogP contribution < -0.4 is 20.5 Å². The van der Waals surface area contributed by atoms with Crippen molar-refractivity contribution in [2.45, 2.75) is 46.0 Å². The highest BCUT2D eigenvalue weighted by Gasteiger charge is 2.26. The summed E-state index contributed by atoms with van der Waals surface area (Å²) in [4.78, 5) is 37.7. The van der Waals surface area contributed by atoms with Crippen LogP contribution in [0.25, 0.3) is 0 Å². The molecule has 0 saturated heterocycles. The van der Waals surface area contributed by atoms with Crippen LogP contribution in [0.1, 0.15) is 64.3 Å². The van der Waals surface area contributed by atoms with Gasteiger partial charge in [0, 0.05) is 4.88 Å². The predicted octanol–water partition coefficient (Wildman–Crippen LogP) is 3.71. The molecule has 3 rings (SSSR count). The molecule has 9 heteroatoms. The van der Waals surface area contributed by atoms with Crippen molar-refractivity contribution < 1.29 is 28.6 Å². The SMILES string of the molecule is CCCCOc1ccc(C(=O)OCC(=O)Nc2sc3c(c2C(N)=O)CCC3)cc1OCC. The Balaban J connectivity index is 1.61. The number of hydrogen-bond donors (Lipinski definition) is 2. The third kappa shape index (κ3) is 5.59. The number of rotatable bonds is 11. The van der Waals surface area contributed by atoms with Gasteiger partial charge in [-0.05, 0) is 56.4 Å². The molecule has 0 fully saturated rings. The summed E-state index contributed by atoms with van der Waals surface area (Å²) in [7, 11) is 0. The molecule has 0 unspecified atom stereocenters. The van der Waals surface area contributed by atoms with Gasteiger partial charge in [0.2, 0.25) is 0 Å². The minimum Gasteiger partial charge on any atom is -0.490 e. The van der Waals surface area contributed by atoms with E-state index in [1.54, 1.807) is 18.2 Å². The van der Waals surface area contributed by atoms with Gasteiger partial charge in [0.15, 0.2) is 18.1 Å². The first-order valence-electron chi connectivity index (χ1n) is 10.8. The fourth-order valence-electron chi connectivity index (χ4n) is 3.48. The number of aryl methyl sites for hydroxylation is 1. The number of thiophene rings is 1. The van der Waals surface area contributed by atoms with Crippen LogP contribution in [0.2, 0.25) is 0 Å². The van der Waals surface area contributed by atoms with Crippen molar-refractivity contribution in [1.29, 1.82) is 0 Å². The molecule has 0 atom stereocenters. The van der Waals surface area contributed by atoms with Crippen LogP contribution in [0.15, 0.2) is 18.2 Å². The summed E-state index contributed by atoms with van der Waals surface area (Å²) in [5.74, 6) is -0.766. The monoisotopic (exact) mass is 460 g/mol. The van der Waals surface area contributed by atoms with Crippen molar-refractivity contribution in [3.05, 3.63) is 39.8 Å². The van der Waals surface area contributed by atoms with E-state index in [2.05, 4.69) is 12.2 Å². The number of nitrogens with two attached hydrogens (primary N) is 1. The van der Waals surface area contributed by atoms with Crippen molar-refractivity contribution >= 4 is 34.1 Å². The van der Waals surface area contributed by atoms with Crippen LogP contribution >= 0.6 is 11.3 Å². The zero-order chi connectivity index (χ0) is 23.1. The van der Waals surface area contributed by atoms with Crippen molar-refractivity contribution in [1.82, 2.24) is 0 Å². The van der Waals surface area contributed by atoms with Crippen molar-refractivity contribution in [2.75, 3.05) is 25.1 Å². The van der Waals surface area contributed by atoms with Gasteiger partial charge in [-0.15, -0.1) is 11.3 Å². The maximum absolute atomic E-state index is 12.4. The molecule has 3 N–H and O–H groups in total. The van der Waals surface area contributed by atoms with Gasteiger partial charge >= 0.3 is 5.97 Å². The van der Waals surface area contributed by atoms with E-state index >= 15 is 0 Å². The van der Waals surface area contributed by atoms with E-state index in [-0.39, 0.29) is 5.56 Å². The van der Waals surface area contributed by atoms with E-state index < -0.39 is 24.4 Å². The molecule has 1 heterocycles. The highest BCUT2D eigenvalue weighted by molar-refractivity contribution is 7.17. The van der Waals surface area contributed by atoms with Gasteiger partial charge < -0.3 is 25.3 Å². The highest BCUT2D eigenvalue weighted by Crippen LogP contribution is 2.38. The average Bonchev–Trinajstić information content (AvgIpc) is 3.33. The molecular formula is C23H28N2O6S. The summed E-state index contributed by atoms with van der Waals surface area (Å²) < 4.78 is 16.4. The maximum Gasteiger partial charge on any atom is 0.338 e. The van der Waals surface area contributed by atoms with Crippen LogP contribution in [0, 0.1) is 0 Å². The normalized spacial score (nSPS) is 12.2. The van der Waals surface area contributed by atoms with Gasteiger partial charge in [0.25, 0.3) is 11.8 Å². The number of primary amides is 1. The number of anilines is 1. The van der Waals surface area contributed by atoms with Gasteiger partial charge in [-0.1, -0.05) is 13.3 Å². The van der Waals surface area contributed by atoms with Crippen LogP contribution in [-0.2, 0) is 22.4 Å². The van der Waals surface area contributed by atoms with Gasteiger partial charge in [-0.2, -0.15) is 0 Å². The highest BCUT2D eigenvalue weighted by atomic mass is 32.1. The van der Waals surface area contributed by atoms with Gasteiger partial charge in [0.1, 0.15) is 5.00 Å². The summed E-state index contributed by atoms with van der Waals surface area (Å²) in [5, 5.41) is 3.07. The standard InChI is InChI=1S/C23H28N2O6S/c1-3-5-11-30-16-10-9-14(12-17(16)29-4-2)23(28)31-13-19(26)25-22-20(21(24)27)15-7-6-8-18(15)32-22/h9-10,12H,3-8,11,13H2,1-2H3,(H2,24,27)(H,25,26). The minimum absolute atomic E-state index is 0.247. The van der Waals surface area contributed by atoms with Crippen molar-refractivity contribution in [3.63, 3.8) is 0 Å². The number of hydrogen-bond acceptors (Lipinski definition) is 7. The molecule has 1 aliphatic rings. The first kappa shape index (κ1) is 23.6. The minimum atomic E-state index is -0.662. The number of fused-ring (bicyclic) bond motifs is 1. The Bertz CT molecular complexity index is 1000. The summed E-state index contributed by atoms with van der Waals surface area (Å²) in [5.41, 5.74) is 7.03. The second-order valence-electron chi connectivity index (χ2n) is 7.35. The lowest BCUT2D eigenvalue weighted by Crippen LogP contribution is -2.22. The fourth-order valence-corrected chi connectivity index (χ4v) is 4.79. The largest absolute Gasteiger partial charge is 0.490 e. The third-order valence-electron chi connectivity index (χ3n) is 4.99. The summed E-state index contributed by atoms with van der Waals surface area (Å²) in [6.45, 7) is 4.39. The molecule has 32 heavy (non-hydrogen) atoms. The summed E-state index contributed by atoms with van der Waals surface area (Å²) in [6, 6.07) is 4.77. The summed E-state index contributed by atoms with van der Waals surface area (Å²) in [6.07, 6.45) is 4.53. The maximum atomic E-state index is 12.4. The Morgan fingerprint density at radius 1 is 1.12 bits per heavy atom. The fraction of sp³-hybridized carbons (Fsp3) is 0.435. The lowest BCUT2D eigenvalue weighted by Gasteiger charge is -2.13. The molecule has 1 aromatic heterocycles. The topological polar surface area (TPSA) is 117 Å². The van der Waals surface area contributed by atoms with E-state index in [0.29, 0.717) is 35.3 Å². The van der Waals surface area contributed by atoms with Crippen LogP contribution in [0.4, 0.5) is 5.00 Å². The van der Waals surface area contributed by atoms with Crippen molar-refractivity contribution in [2.24, 2.45) is 5.73 Å². The number of carbonyl (C=O) groups is 3. The van der Waals surface area contributed by atoms with E-state index in [1.165, 1.54) is 11.3 Å². The zero-order valence-electron chi connectivity index (χ0n) is 18.3. The molecular weight excluding hydrogens is 432 g/mol. The van der Waals surface area contributed by atoms with E-state index in [9.17, 15) is 14.4 Å². The second-order valence-corrected chi connectivity index (χ2v) is 8.45. The molecule has 1 aromatic carbocycles. The predicted molar refractivity (Wildman–Crippen MR) is 122 cm³/mol. The molecule has 0 bridgehead atoms. The number of unbranched alkanes of at least 4 members (excludes halogenated alkanes) is 1. The van der Waals surface area contributed by atoms with Gasteiger partial charge in [-0.25, -0.2) is 4.79 Å². The number of nitrogens with one attached hydrogen (secondary N) is 1. The number of carbonyl (C=O) groups excluding carboxylic acids is 3. The summed E-state index contributed by atoms with van der Waals surface area (Å²) >= 11 is 1.35. The molecule has 0 radical (unpaired) electrons. The molecule has 2 aromatic rings. The second kappa shape index (κ2) is 11.0. The first-order valence-corrected chi connectivity index (χ1v) is 11.6. The molecule has 0 spiro atoms. The molecule has 1 aliphatic carbocycles. The van der Waals surface area contributed by atoms with Crippen LogP contribution in [-0.4, -0.2) is 37.6 Å². The molecule has 172 valence electrons. The first-order chi connectivity index (χ1) is 15.4. The number of esters is 1. The number of amides is 2. The van der Waals surface area contributed by atoms with Crippen molar-refractivity contribution in [3.8, 4) is 11.5 Å². The van der Waals surface area contributed by atoms with Crippen LogP contribution in [0.3, 0.4) is 0 Å². The number of ether oxygens (including phenoxy) is 3. The lowest BCUT2D eigenvalue weighted by atomic mass is 10.1. The Labute approximate surface area is 191 Å². The quantitative estimate of drug-likeness (QED) is 0.390. The Morgan fingerprint density at radius 2 is 1.94 bits per heavy atom. The smallest absolute Gasteiger partial charge is 0.338 e.